The molecule has 3 fully saturated rings. The fourth-order valence-electron chi connectivity index (χ4n) is 2.61. The first-order valence-corrected chi connectivity index (χ1v) is 8.66. The number of benzene rings is 1. The summed E-state index contributed by atoms with van der Waals surface area (Å²) in [5.41, 5.74) is 1.81. The lowest BCUT2D eigenvalue weighted by molar-refractivity contribution is -0.118. The maximum absolute atomic E-state index is 12.0. The van der Waals surface area contributed by atoms with Crippen LogP contribution < -0.4 is 16.0 Å². The van der Waals surface area contributed by atoms with Crippen molar-refractivity contribution in [1.82, 2.24) is 0 Å². The topological polar surface area (TPSA) is 87.3 Å². The molecule has 0 spiro atoms. The first-order chi connectivity index (χ1) is 11.6. The van der Waals surface area contributed by atoms with Gasteiger partial charge in [-0.3, -0.25) is 14.4 Å². The Labute approximate surface area is 140 Å². The zero-order chi connectivity index (χ0) is 16.7. The molecule has 3 saturated carbocycles. The van der Waals surface area contributed by atoms with Crippen LogP contribution >= 0.6 is 0 Å². The summed E-state index contributed by atoms with van der Waals surface area (Å²) in [6.45, 7) is 0. The van der Waals surface area contributed by atoms with Crippen molar-refractivity contribution in [3.05, 3.63) is 18.2 Å². The summed E-state index contributed by atoms with van der Waals surface area (Å²) in [7, 11) is 0. The van der Waals surface area contributed by atoms with Gasteiger partial charge in [-0.05, 0) is 56.7 Å². The van der Waals surface area contributed by atoms with Gasteiger partial charge in [-0.1, -0.05) is 0 Å². The van der Waals surface area contributed by atoms with Crippen LogP contribution in [0.15, 0.2) is 18.2 Å². The van der Waals surface area contributed by atoms with Crippen molar-refractivity contribution in [3.63, 3.8) is 0 Å². The number of rotatable bonds is 6. The van der Waals surface area contributed by atoms with E-state index in [1.165, 1.54) is 0 Å². The van der Waals surface area contributed by atoms with Gasteiger partial charge in [0.15, 0.2) is 0 Å². The van der Waals surface area contributed by atoms with Crippen LogP contribution in [0.25, 0.3) is 0 Å². The number of nitrogens with one attached hydrogen (secondary N) is 3. The van der Waals surface area contributed by atoms with Crippen LogP contribution in [0.5, 0.6) is 0 Å². The Hall–Kier alpha value is -2.37. The largest absolute Gasteiger partial charge is 0.326 e. The van der Waals surface area contributed by atoms with Crippen LogP contribution in [-0.2, 0) is 14.4 Å². The summed E-state index contributed by atoms with van der Waals surface area (Å²) < 4.78 is 0. The molecule has 0 heterocycles. The van der Waals surface area contributed by atoms with Crippen molar-refractivity contribution in [1.29, 1.82) is 0 Å². The molecule has 6 nitrogen and oxygen atoms in total. The van der Waals surface area contributed by atoms with Crippen molar-refractivity contribution < 1.29 is 14.4 Å². The maximum atomic E-state index is 12.0. The second-order valence-corrected chi connectivity index (χ2v) is 7.09. The van der Waals surface area contributed by atoms with E-state index in [0.29, 0.717) is 17.1 Å². The summed E-state index contributed by atoms with van der Waals surface area (Å²) >= 11 is 0. The fourth-order valence-corrected chi connectivity index (χ4v) is 2.61. The molecule has 1 aromatic carbocycles. The van der Waals surface area contributed by atoms with Crippen molar-refractivity contribution in [2.75, 3.05) is 16.0 Å². The quantitative estimate of drug-likeness (QED) is 0.751. The average molecular weight is 327 g/mol. The lowest BCUT2D eigenvalue weighted by atomic mass is 10.2. The van der Waals surface area contributed by atoms with Crippen LogP contribution in [0, 0.1) is 17.8 Å². The number of hydrogen-bond donors (Lipinski definition) is 3. The number of amides is 3. The van der Waals surface area contributed by atoms with Crippen LogP contribution in [0.4, 0.5) is 17.1 Å². The predicted molar refractivity (Wildman–Crippen MR) is 90.5 cm³/mol. The molecule has 0 radical (unpaired) electrons. The van der Waals surface area contributed by atoms with E-state index in [-0.39, 0.29) is 35.5 Å². The summed E-state index contributed by atoms with van der Waals surface area (Å²) in [4.78, 5) is 36.0. The van der Waals surface area contributed by atoms with Crippen molar-refractivity contribution in [3.8, 4) is 0 Å². The Kier molecular flexibility index (Phi) is 3.75. The molecule has 3 aliphatic rings. The van der Waals surface area contributed by atoms with Gasteiger partial charge in [0.1, 0.15) is 0 Å². The van der Waals surface area contributed by atoms with Gasteiger partial charge in [-0.15, -0.1) is 0 Å². The lowest BCUT2D eigenvalue weighted by Crippen LogP contribution is -2.17. The van der Waals surface area contributed by atoms with Gasteiger partial charge >= 0.3 is 0 Å². The number of hydrogen-bond acceptors (Lipinski definition) is 3. The Bertz CT molecular complexity index is 596. The maximum Gasteiger partial charge on any atom is 0.227 e. The van der Waals surface area contributed by atoms with Gasteiger partial charge in [0.25, 0.3) is 0 Å². The van der Waals surface area contributed by atoms with E-state index in [0.717, 1.165) is 38.5 Å². The van der Waals surface area contributed by atoms with Gasteiger partial charge in [0, 0.05) is 34.8 Å². The minimum absolute atomic E-state index is 0.000129. The second-order valence-electron chi connectivity index (χ2n) is 7.09. The summed E-state index contributed by atoms with van der Waals surface area (Å²) in [6, 6.07) is 5.23. The van der Waals surface area contributed by atoms with Gasteiger partial charge in [-0.25, -0.2) is 0 Å². The summed E-state index contributed by atoms with van der Waals surface area (Å²) in [6.07, 6.45) is 5.55. The molecule has 24 heavy (non-hydrogen) atoms. The first-order valence-electron chi connectivity index (χ1n) is 8.66. The van der Waals surface area contributed by atoms with E-state index in [2.05, 4.69) is 16.0 Å². The highest BCUT2D eigenvalue weighted by atomic mass is 16.2. The molecule has 3 amide bonds. The molecule has 0 saturated heterocycles. The number of carbonyl (C=O) groups is 3. The van der Waals surface area contributed by atoms with Crippen LogP contribution in [0.2, 0.25) is 0 Å². The van der Waals surface area contributed by atoms with Gasteiger partial charge in [0.2, 0.25) is 17.7 Å². The van der Waals surface area contributed by atoms with E-state index in [1.807, 2.05) is 0 Å². The molecular formula is C18H21N3O3. The first kappa shape index (κ1) is 15.2. The van der Waals surface area contributed by atoms with Gasteiger partial charge < -0.3 is 16.0 Å². The predicted octanol–water partition coefficient (Wildman–Crippen LogP) is 2.73. The number of anilines is 3. The third kappa shape index (κ3) is 3.75. The highest BCUT2D eigenvalue weighted by Gasteiger charge is 2.32. The van der Waals surface area contributed by atoms with Gasteiger partial charge in [0.05, 0.1) is 0 Å². The zero-order valence-corrected chi connectivity index (χ0v) is 13.4. The van der Waals surface area contributed by atoms with Crippen LogP contribution in [0.3, 0.4) is 0 Å². The molecule has 126 valence electrons. The van der Waals surface area contributed by atoms with E-state index >= 15 is 0 Å². The lowest BCUT2D eigenvalue weighted by Gasteiger charge is -2.13. The average Bonchev–Trinajstić information content (AvgIpc) is 3.42. The van der Waals surface area contributed by atoms with E-state index in [9.17, 15) is 14.4 Å². The zero-order valence-electron chi connectivity index (χ0n) is 13.4. The Morgan fingerprint density at radius 3 is 1.04 bits per heavy atom. The van der Waals surface area contributed by atoms with Crippen LogP contribution in [-0.4, -0.2) is 17.7 Å². The molecule has 1 aromatic rings. The summed E-state index contributed by atoms with van der Waals surface area (Å²) in [5.74, 6) is 0.290. The van der Waals surface area contributed by atoms with Crippen LogP contribution in [0.1, 0.15) is 38.5 Å². The van der Waals surface area contributed by atoms with Crippen molar-refractivity contribution >= 4 is 34.8 Å². The third-order valence-corrected chi connectivity index (χ3v) is 4.58. The molecule has 4 rings (SSSR count). The van der Waals surface area contributed by atoms with E-state index < -0.39 is 0 Å². The highest BCUT2D eigenvalue weighted by Crippen LogP contribution is 2.34. The Morgan fingerprint density at radius 1 is 0.583 bits per heavy atom. The van der Waals surface area contributed by atoms with E-state index in [4.69, 9.17) is 0 Å². The molecule has 0 bridgehead atoms. The molecule has 3 aliphatic carbocycles. The Balaban J connectivity index is 1.52. The van der Waals surface area contributed by atoms with E-state index in [1.54, 1.807) is 18.2 Å². The minimum Gasteiger partial charge on any atom is -0.326 e. The number of carbonyl (C=O) groups excluding carboxylic acids is 3. The van der Waals surface area contributed by atoms with Crippen molar-refractivity contribution in [2.24, 2.45) is 17.8 Å². The smallest absolute Gasteiger partial charge is 0.227 e. The van der Waals surface area contributed by atoms with Gasteiger partial charge in [-0.2, -0.15) is 0 Å². The molecule has 0 aliphatic heterocycles. The molecular weight excluding hydrogens is 306 g/mol. The molecule has 6 heteroatoms. The molecule has 3 N–H and O–H groups in total. The minimum atomic E-state index is 0.000129. The fraction of sp³-hybridized carbons (Fsp3) is 0.500. The summed E-state index contributed by atoms with van der Waals surface area (Å²) in [5, 5.41) is 8.64. The Morgan fingerprint density at radius 2 is 0.833 bits per heavy atom. The highest BCUT2D eigenvalue weighted by molar-refractivity contribution is 6.00. The SMILES string of the molecule is O=C(Nc1cc(NC(=O)C2CC2)cc(NC(=O)C2CC2)c1)C1CC1. The molecule has 0 atom stereocenters. The monoisotopic (exact) mass is 327 g/mol. The second kappa shape index (κ2) is 5.92. The molecule has 0 aromatic heterocycles. The normalized spacial score (nSPS) is 19.5. The van der Waals surface area contributed by atoms with Crippen molar-refractivity contribution in [2.45, 2.75) is 38.5 Å². The third-order valence-electron chi connectivity index (χ3n) is 4.58. The molecule has 0 unspecified atom stereocenters. The standard InChI is InChI=1S/C18H21N3O3/c22-16(10-1-2-10)19-13-7-14(20-17(23)11-3-4-11)9-15(8-13)21-18(24)12-5-6-12/h7-12H,1-6H2,(H,19,22)(H,20,23)(H,21,24).